The van der Waals surface area contributed by atoms with Gasteiger partial charge in [-0.25, -0.2) is 9.18 Å². The number of carbonyl (C=O) groups excluding carboxylic acids is 1. The second-order valence-electron chi connectivity index (χ2n) is 3.85. The molecule has 2 rings (SSSR count). The molecular weight excluding hydrogens is 285 g/mol. The zero-order valence-electron chi connectivity index (χ0n) is 10.1. The van der Waals surface area contributed by atoms with Crippen molar-refractivity contribution in [1.29, 1.82) is 0 Å². The van der Waals surface area contributed by atoms with Crippen molar-refractivity contribution in [3.63, 3.8) is 0 Å². The molecule has 0 spiro atoms. The predicted molar refractivity (Wildman–Crippen MR) is 70.5 cm³/mol. The lowest BCUT2D eigenvalue weighted by atomic mass is 10.2. The van der Waals surface area contributed by atoms with Crippen molar-refractivity contribution in [3.8, 4) is 5.75 Å². The summed E-state index contributed by atoms with van der Waals surface area (Å²) in [6, 6.07) is 5.47. The minimum absolute atomic E-state index is 0.0139. The Balaban J connectivity index is 2.23. The molecule has 0 aliphatic carbocycles. The van der Waals surface area contributed by atoms with E-state index in [-0.39, 0.29) is 22.8 Å². The molecule has 0 saturated carbocycles. The van der Waals surface area contributed by atoms with Crippen molar-refractivity contribution in [3.05, 3.63) is 51.5 Å². The third-order valence-corrected chi connectivity index (χ3v) is 3.49. The van der Waals surface area contributed by atoms with E-state index in [9.17, 15) is 14.0 Å². The van der Waals surface area contributed by atoms with Gasteiger partial charge in [0.15, 0.2) is 0 Å². The van der Waals surface area contributed by atoms with Gasteiger partial charge in [0.2, 0.25) is 0 Å². The number of nitrogens with two attached hydrogens (primary N) is 1. The number of primary amides is 1. The Bertz CT molecular complexity index is 668. The summed E-state index contributed by atoms with van der Waals surface area (Å²) in [5.74, 6) is -2.80. The average molecular weight is 295 g/mol. The van der Waals surface area contributed by atoms with Crippen molar-refractivity contribution < 1.29 is 23.8 Å². The van der Waals surface area contributed by atoms with Gasteiger partial charge < -0.3 is 15.6 Å². The zero-order valence-corrected chi connectivity index (χ0v) is 10.9. The van der Waals surface area contributed by atoms with Crippen LogP contribution in [0.4, 0.5) is 4.39 Å². The van der Waals surface area contributed by atoms with E-state index < -0.39 is 17.7 Å². The van der Waals surface area contributed by atoms with Gasteiger partial charge in [0.05, 0.1) is 0 Å². The quantitative estimate of drug-likeness (QED) is 0.885. The van der Waals surface area contributed by atoms with Gasteiger partial charge in [-0.2, -0.15) is 0 Å². The first kappa shape index (κ1) is 14.0. The number of carboxylic acids is 1. The topological polar surface area (TPSA) is 89.6 Å². The van der Waals surface area contributed by atoms with Crippen LogP contribution < -0.4 is 10.5 Å². The van der Waals surface area contributed by atoms with Gasteiger partial charge in [0.1, 0.15) is 28.6 Å². The van der Waals surface area contributed by atoms with E-state index in [1.54, 1.807) is 11.4 Å². The number of aromatic carboxylic acids is 1. The third kappa shape index (κ3) is 2.77. The van der Waals surface area contributed by atoms with Crippen molar-refractivity contribution >= 4 is 23.2 Å². The van der Waals surface area contributed by atoms with Gasteiger partial charge in [-0.3, -0.25) is 4.79 Å². The highest BCUT2D eigenvalue weighted by Crippen LogP contribution is 2.24. The molecule has 1 heterocycles. The monoisotopic (exact) mass is 295 g/mol. The van der Waals surface area contributed by atoms with Gasteiger partial charge in [-0.1, -0.05) is 6.07 Å². The summed E-state index contributed by atoms with van der Waals surface area (Å²) in [5.41, 5.74) is 5.19. The molecule has 5 nitrogen and oxygen atoms in total. The molecule has 104 valence electrons. The molecule has 0 fully saturated rings. The summed E-state index contributed by atoms with van der Waals surface area (Å²) >= 11 is 1.06. The molecule has 0 radical (unpaired) electrons. The highest BCUT2D eigenvalue weighted by molar-refractivity contribution is 7.12. The van der Waals surface area contributed by atoms with Crippen molar-refractivity contribution in [2.75, 3.05) is 0 Å². The Morgan fingerprint density at radius 3 is 2.75 bits per heavy atom. The standard InChI is InChI=1S/C13H10FNO4S/c14-8-2-1-3-9(10(8)12(15)16)19-6-7-4-5-20-11(7)13(17)18/h1-5H,6H2,(H2,15,16)(H,17,18). The number of amides is 1. The highest BCUT2D eigenvalue weighted by Gasteiger charge is 2.17. The minimum Gasteiger partial charge on any atom is -0.488 e. The average Bonchev–Trinajstić information content (AvgIpc) is 2.84. The van der Waals surface area contributed by atoms with Crippen LogP contribution in [0.3, 0.4) is 0 Å². The summed E-state index contributed by atoms with van der Waals surface area (Å²) in [6.45, 7) is -0.0884. The summed E-state index contributed by atoms with van der Waals surface area (Å²) < 4.78 is 18.8. The fourth-order valence-corrected chi connectivity index (χ4v) is 2.40. The van der Waals surface area contributed by atoms with Gasteiger partial charge in [0, 0.05) is 5.56 Å². The molecule has 0 saturated heterocycles. The Morgan fingerprint density at radius 1 is 1.35 bits per heavy atom. The molecule has 2 aromatic rings. The van der Waals surface area contributed by atoms with E-state index in [4.69, 9.17) is 15.6 Å². The first-order chi connectivity index (χ1) is 9.50. The van der Waals surface area contributed by atoms with Gasteiger partial charge in [-0.15, -0.1) is 11.3 Å². The van der Waals surface area contributed by atoms with E-state index in [0.29, 0.717) is 5.56 Å². The normalized spacial score (nSPS) is 10.2. The molecule has 0 atom stereocenters. The van der Waals surface area contributed by atoms with E-state index in [2.05, 4.69) is 0 Å². The van der Waals surface area contributed by atoms with Crippen LogP contribution in [0.1, 0.15) is 25.6 Å². The van der Waals surface area contributed by atoms with Gasteiger partial charge in [0.25, 0.3) is 5.91 Å². The van der Waals surface area contributed by atoms with Crippen molar-refractivity contribution in [1.82, 2.24) is 0 Å². The molecule has 7 heteroatoms. The van der Waals surface area contributed by atoms with Gasteiger partial charge in [-0.05, 0) is 23.6 Å². The molecule has 0 unspecified atom stereocenters. The lowest BCUT2D eigenvalue weighted by Crippen LogP contribution is -2.15. The lowest BCUT2D eigenvalue weighted by molar-refractivity contribution is 0.0699. The molecule has 0 bridgehead atoms. The fourth-order valence-electron chi connectivity index (χ4n) is 1.66. The Labute approximate surface area is 117 Å². The van der Waals surface area contributed by atoms with E-state index in [1.165, 1.54) is 12.1 Å². The number of hydrogen-bond donors (Lipinski definition) is 2. The SMILES string of the molecule is NC(=O)c1c(F)cccc1OCc1ccsc1C(=O)O. The second kappa shape index (κ2) is 5.70. The largest absolute Gasteiger partial charge is 0.488 e. The molecule has 3 N–H and O–H groups in total. The van der Waals surface area contributed by atoms with Crippen LogP contribution in [-0.2, 0) is 6.61 Å². The van der Waals surface area contributed by atoms with E-state index in [1.807, 2.05) is 0 Å². The Kier molecular flexibility index (Phi) is 3.99. The highest BCUT2D eigenvalue weighted by atomic mass is 32.1. The molecule has 1 amide bonds. The van der Waals surface area contributed by atoms with E-state index in [0.717, 1.165) is 17.4 Å². The maximum Gasteiger partial charge on any atom is 0.346 e. The summed E-state index contributed by atoms with van der Waals surface area (Å²) in [7, 11) is 0. The molecule has 0 aliphatic heterocycles. The first-order valence-corrected chi connectivity index (χ1v) is 6.39. The van der Waals surface area contributed by atoms with Crippen LogP contribution in [0.15, 0.2) is 29.6 Å². The number of carboxylic acid groups (broad SMARTS) is 1. The predicted octanol–water partition coefficient (Wildman–Crippen LogP) is 2.26. The van der Waals surface area contributed by atoms with Crippen LogP contribution in [0.5, 0.6) is 5.75 Å². The van der Waals surface area contributed by atoms with Gasteiger partial charge >= 0.3 is 5.97 Å². The molecule has 1 aromatic carbocycles. The minimum atomic E-state index is -1.06. The second-order valence-corrected chi connectivity index (χ2v) is 4.76. The molecule has 1 aromatic heterocycles. The molecular formula is C13H10FNO4S. The van der Waals surface area contributed by atoms with Crippen LogP contribution in [0, 0.1) is 5.82 Å². The number of hydrogen-bond acceptors (Lipinski definition) is 4. The molecule has 0 aliphatic rings. The van der Waals surface area contributed by atoms with Crippen molar-refractivity contribution in [2.24, 2.45) is 5.73 Å². The number of halogens is 1. The zero-order chi connectivity index (χ0) is 14.7. The number of thiophene rings is 1. The summed E-state index contributed by atoms with van der Waals surface area (Å²) in [5, 5.41) is 10.6. The smallest absolute Gasteiger partial charge is 0.346 e. The maximum atomic E-state index is 13.5. The third-order valence-electron chi connectivity index (χ3n) is 2.55. The Hall–Kier alpha value is -2.41. The first-order valence-electron chi connectivity index (χ1n) is 5.51. The summed E-state index contributed by atoms with van der Waals surface area (Å²) in [6.07, 6.45) is 0. The number of ether oxygens (including phenoxy) is 1. The lowest BCUT2D eigenvalue weighted by Gasteiger charge is -2.10. The summed E-state index contributed by atoms with van der Waals surface area (Å²) in [4.78, 5) is 22.3. The van der Waals surface area contributed by atoms with Crippen LogP contribution in [0.2, 0.25) is 0 Å². The van der Waals surface area contributed by atoms with Crippen LogP contribution in [-0.4, -0.2) is 17.0 Å². The number of benzene rings is 1. The van der Waals surface area contributed by atoms with Crippen molar-refractivity contribution in [2.45, 2.75) is 6.61 Å². The van der Waals surface area contributed by atoms with Crippen LogP contribution >= 0.6 is 11.3 Å². The Morgan fingerprint density at radius 2 is 2.10 bits per heavy atom. The number of carbonyl (C=O) groups is 2. The number of rotatable bonds is 5. The maximum absolute atomic E-state index is 13.5. The molecule has 20 heavy (non-hydrogen) atoms. The fraction of sp³-hybridized carbons (Fsp3) is 0.0769. The van der Waals surface area contributed by atoms with E-state index >= 15 is 0 Å². The van der Waals surface area contributed by atoms with Crippen LogP contribution in [0.25, 0.3) is 0 Å².